The van der Waals surface area contributed by atoms with Gasteiger partial charge in [0.25, 0.3) is 0 Å². The third-order valence-corrected chi connectivity index (χ3v) is 6.51. The molecule has 2 aliphatic rings. The number of ketones is 1. The number of carbonyl (C=O) groups is 3. The summed E-state index contributed by atoms with van der Waals surface area (Å²) in [6, 6.07) is 3.92. The lowest BCUT2D eigenvalue weighted by molar-refractivity contribution is -0.151. The van der Waals surface area contributed by atoms with Crippen LogP contribution in [0.4, 0.5) is 0 Å². The second-order valence-corrected chi connectivity index (χ2v) is 8.94. The monoisotopic (exact) mass is 417 g/mol. The second-order valence-electron chi connectivity index (χ2n) is 7.62. The minimum atomic E-state index is -0.865. The Morgan fingerprint density at radius 3 is 2.59 bits per heavy atom. The molecule has 6 nitrogen and oxygen atoms in total. The van der Waals surface area contributed by atoms with Gasteiger partial charge >= 0.3 is 11.9 Å². The van der Waals surface area contributed by atoms with Crippen LogP contribution in [-0.4, -0.2) is 31.4 Å². The zero-order chi connectivity index (χ0) is 21.3. The van der Waals surface area contributed by atoms with Gasteiger partial charge in [-0.05, 0) is 44.7 Å². The van der Waals surface area contributed by atoms with Gasteiger partial charge in [-0.3, -0.25) is 9.59 Å². The molecule has 0 amide bonds. The van der Waals surface area contributed by atoms with Crippen molar-refractivity contribution in [3.05, 3.63) is 44.4 Å². The first-order valence-corrected chi connectivity index (χ1v) is 10.7. The number of hydrogen-bond donors (Lipinski definition) is 1. The van der Waals surface area contributed by atoms with Gasteiger partial charge in [-0.1, -0.05) is 13.8 Å². The quantitative estimate of drug-likeness (QED) is 0.582. The summed E-state index contributed by atoms with van der Waals surface area (Å²) in [5.41, 5.74) is 2.39. The Morgan fingerprint density at radius 2 is 2.00 bits per heavy atom. The predicted molar refractivity (Wildman–Crippen MR) is 110 cm³/mol. The third kappa shape index (κ3) is 3.88. The summed E-state index contributed by atoms with van der Waals surface area (Å²) in [7, 11) is 1.29. The number of hydrogen-bond acceptors (Lipinski definition) is 7. The number of ether oxygens (including phenoxy) is 2. The van der Waals surface area contributed by atoms with E-state index in [2.05, 4.69) is 5.32 Å². The van der Waals surface area contributed by atoms with Crippen molar-refractivity contribution in [2.75, 3.05) is 13.7 Å². The molecule has 0 saturated carbocycles. The van der Waals surface area contributed by atoms with Crippen molar-refractivity contribution in [2.24, 2.45) is 11.8 Å². The molecular weight excluding hydrogens is 390 g/mol. The molecular formula is C22H27NO5S. The minimum absolute atomic E-state index is 0.187. The topological polar surface area (TPSA) is 81.7 Å². The second kappa shape index (κ2) is 8.53. The highest BCUT2D eigenvalue weighted by Gasteiger charge is 2.47. The Bertz CT molecular complexity index is 910. The highest BCUT2D eigenvalue weighted by molar-refractivity contribution is 7.12. The van der Waals surface area contributed by atoms with E-state index in [1.54, 1.807) is 11.3 Å². The Labute approximate surface area is 175 Å². The molecule has 3 rings (SSSR count). The van der Waals surface area contributed by atoms with Crippen LogP contribution in [0, 0.1) is 18.8 Å². The van der Waals surface area contributed by atoms with E-state index in [9.17, 15) is 14.4 Å². The van der Waals surface area contributed by atoms with Crippen molar-refractivity contribution >= 4 is 29.1 Å². The zero-order valence-corrected chi connectivity index (χ0v) is 18.3. The summed E-state index contributed by atoms with van der Waals surface area (Å²) in [5.74, 6) is -2.83. The fourth-order valence-corrected chi connectivity index (χ4v) is 5.11. The number of nitrogens with one attached hydrogen (secondary N) is 1. The van der Waals surface area contributed by atoms with Gasteiger partial charge in [0.15, 0.2) is 5.78 Å². The molecule has 1 aromatic heterocycles. The van der Waals surface area contributed by atoms with Crippen molar-refractivity contribution in [2.45, 2.75) is 46.5 Å². The Balaban J connectivity index is 2.13. The summed E-state index contributed by atoms with van der Waals surface area (Å²) >= 11 is 1.54. The fraction of sp³-hybridized carbons (Fsp3) is 0.500. The molecule has 156 valence electrons. The first-order chi connectivity index (χ1) is 13.8. The summed E-state index contributed by atoms with van der Waals surface area (Å²) in [4.78, 5) is 40.7. The number of methoxy groups -OCH3 is 1. The Morgan fingerprint density at radius 1 is 1.28 bits per heavy atom. The van der Waals surface area contributed by atoms with Gasteiger partial charge in [-0.25, -0.2) is 4.79 Å². The van der Waals surface area contributed by atoms with Crippen molar-refractivity contribution in [1.82, 2.24) is 5.32 Å². The Hall–Kier alpha value is -2.41. The van der Waals surface area contributed by atoms with Crippen LogP contribution < -0.4 is 5.32 Å². The van der Waals surface area contributed by atoms with Gasteiger partial charge in [0.05, 0.1) is 25.2 Å². The molecule has 7 heteroatoms. The van der Waals surface area contributed by atoms with Crippen LogP contribution in [0.1, 0.15) is 49.3 Å². The maximum absolute atomic E-state index is 13.5. The van der Waals surface area contributed by atoms with Gasteiger partial charge in [-0.15, -0.1) is 11.3 Å². The van der Waals surface area contributed by atoms with Crippen LogP contribution in [0.5, 0.6) is 0 Å². The van der Waals surface area contributed by atoms with Gasteiger partial charge in [0, 0.05) is 26.7 Å². The van der Waals surface area contributed by atoms with E-state index in [0.717, 1.165) is 15.5 Å². The molecule has 0 radical (unpaired) electrons. The fourth-order valence-electron chi connectivity index (χ4n) is 4.12. The molecule has 1 aliphatic carbocycles. The number of Topliss-reactive ketones (excluding diaryl/α,β-unsaturated/α-hetero) is 1. The number of esters is 2. The number of rotatable bonds is 5. The Kier molecular flexibility index (Phi) is 6.27. The molecule has 2 heterocycles. The van der Waals surface area contributed by atoms with Crippen molar-refractivity contribution < 1.29 is 23.9 Å². The summed E-state index contributed by atoms with van der Waals surface area (Å²) in [6.07, 6.45) is 1.25. The minimum Gasteiger partial charge on any atom is -0.468 e. The standard InChI is InChI=1S/C22H27NO5S/c1-6-9-28-22(26)17-13(4)23-14-10-11(2)16(21(25)27-5)20(24)18(14)19(17)15-8-7-12(3)29-15/h7-8,11,16,19,23H,6,9-10H2,1-5H3/t11-,16-,19+/m0/s1. The smallest absolute Gasteiger partial charge is 0.336 e. The van der Waals surface area contributed by atoms with Crippen LogP contribution in [0.25, 0.3) is 0 Å². The van der Waals surface area contributed by atoms with Gasteiger partial charge in [0.1, 0.15) is 5.92 Å². The number of allylic oxidation sites excluding steroid dienone is 3. The molecule has 1 N–H and O–H groups in total. The summed E-state index contributed by atoms with van der Waals surface area (Å²) in [6.45, 7) is 7.94. The molecule has 1 aliphatic heterocycles. The average molecular weight is 418 g/mol. The molecule has 0 bridgehead atoms. The summed E-state index contributed by atoms with van der Waals surface area (Å²) in [5, 5.41) is 3.26. The average Bonchev–Trinajstić information content (AvgIpc) is 3.10. The molecule has 0 saturated heterocycles. The summed E-state index contributed by atoms with van der Waals surface area (Å²) < 4.78 is 10.3. The molecule has 0 fully saturated rings. The van der Waals surface area contributed by atoms with E-state index in [4.69, 9.17) is 9.47 Å². The highest BCUT2D eigenvalue weighted by atomic mass is 32.1. The van der Waals surface area contributed by atoms with Gasteiger partial charge in [0.2, 0.25) is 0 Å². The van der Waals surface area contributed by atoms with Crippen LogP contribution in [0.15, 0.2) is 34.7 Å². The van der Waals surface area contributed by atoms with E-state index in [0.29, 0.717) is 36.3 Å². The largest absolute Gasteiger partial charge is 0.468 e. The van der Waals surface area contributed by atoms with E-state index in [1.165, 1.54) is 7.11 Å². The maximum atomic E-state index is 13.5. The lowest BCUT2D eigenvalue weighted by atomic mass is 9.70. The van der Waals surface area contributed by atoms with E-state index in [1.807, 2.05) is 39.8 Å². The van der Waals surface area contributed by atoms with E-state index >= 15 is 0 Å². The number of aryl methyl sites for hydroxylation is 1. The van der Waals surface area contributed by atoms with E-state index in [-0.39, 0.29) is 11.7 Å². The van der Waals surface area contributed by atoms with Crippen molar-refractivity contribution in [1.29, 1.82) is 0 Å². The van der Waals surface area contributed by atoms with E-state index < -0.39 is 23.8 Å². The van der Waals surface area contributed by atoms with Crippen molar-refractivity contribution in [3.8, 4) is 0 Å². The highest BCUT2D eigenvalue weighted by Crippen LogP contribution is 2.46. The number of dihydropyridines is 1. The zero-order valence-electron chi connectivity index (χ0n) is 17.5. The normalized spacial score (nSPS) is 24.2. The third-order valence-electron chi connectivity index (χ3n) is 5.45. The van der Waals surface area contributed by atoms with Crippen LogP contribution in [-0.2, 0) is 23.9 Å². The lowest BCUT2D eigenvalue weighted by Crippen LogP contribution is -2.43. The van der Waals surface area contributed by atoms with Gasteiger partial charge in [-0.2, -0.15) is 0 Å². The predicted octanol–water partition coefficient (Wildman–Crippen LogP) is 3.62. The lowest BCUT2D eigenvalue weighted by Gasteiger charge is -2.37. The molecule has 0 aromatic carbocycles. The maximum Gasteiger partial charge on any atom is 0.336 e. The molecule has 0 unspecified atom stereocenters. The van der Waals surface area contributed by atoms with Crippen LogP contribution in [0.2, 0.25) is 0 Å². The molecule has 3 atom stereocenters. The SMILES string of the molecule is CCCOC(=O)C1=C(C)NC2=C(C(=O)[C@@H](C(=O)OC)[C@@H](C)C2)[C@@H]1c1ccc(C)s1. The van der Waals surface area contributed by atoms with Crippen LogP contribution in [0.3, 0.4) is 0 Å². The number of carbonyl (C=O) groups excluding carboxylic acids is 3. The molecule has 29 heavy (non-hydrogen) atoms. The molecule has 0 spiro atoms. The van der Waals surface area contributed by atoms with Gasteiger partial charge < -0.3 is 14.8 Å². The van der Waals surface area contributed by atoms with Crippen LogP contribution >= 0.6 is 11.3 Å². The first kappa shape index (κ1) is 21.3. The molecule has 1 aromatic rings. The van der Waals surface area contributed by atoms with Crippen molar-refractivity contribution in [3.63, 3.8) is 0 Å². The number of thiophene rings is 1. The first-order valence-electron chi connectivity index (χ1n) is 9.86.